The van der Waals surface area contributed by atoms with Crippen molar-refractivity contribution in [1.29, 1.82) is 0 Å². The van der Waals surface area contributed by atoms with Crippen LogP contribution in [0.1, 0.15) is 58.0 Å². The number of carbonyl (C=O) groups is 2. The summed E-state index contributed by atoms with van der Waals surface area (Å²) in [6.45, 7) is 2.05. The van der Waals surface area contributed by atoms with Gasteiger partial charge in [-0.15, -0.1) is 0 Å². The first-order chi connectivity index (χ1) is 18.9. The highest BCUT2D eigenvalue weighted by molar-refractivity contribution is 6.43. The highest BCUT2D eigenvalue weighted by Crippen LogP contribution is 2.50. The molecule has 6 rings (SSSR count). The van der Waals surface area contributed by atoms with Gasteiger partial charge in [-0.05, 0) is 72.8 Å². The van der Waals surface area contributed by atoms with Crippen LogP contribution in [0, 0.1) is 17.8 Å². The summed E-state index contributed by atoms with van der Waals surface area (Å²) in [5.74, 6) is -0.833. The lowest BCUT2D eigenvalue weighted by Crippen LogP contribution is -2.50. The van der Waals surface area contributed by atoms with Gasteiger partial charge in [-0.3, -0.25) is 9.59 Å². The molecule has 4 atom stereocenters. The Balaban J connectivity index is 1.32. The normalized spacial score (nSPS) is 24.8. The van der Waals surface area contributed by atoms with Gasteiger partial charge in [0.2, 0.25) is 0 Å². The van der Waals surface area contributed by atoms with Crippen molar-refractivity contribution in [1.82, 2.24) is 0 Å². The van der Waals surface area contributed by atoms with Crippen molar-refractivity contribution in [3.63, 3.8) is 0 Å². The van der Waals surface area contributed by atoms with Crippen LogP contribution in [0.2, 0.25) is 6.32 Å². The van der Waals surface area contributed by atoms with Crippen molar-refractivity contribution in [2.75, 3.05) is 0 Å². The second kappa shape index (κ2) is 10.4. The molecule has 6 heteroatoms. The van der Waals surface area contributed by atoms with E-state index in [1.807, 2.05) is 43.3 Å². The Hall–Kier alpha value is -3.74. The standard InChI is InChI=1S/C33H31BO5/c1-20-16-27-31(33(37)26-13-6-5-12-25(26)32(27)36)28-19-34(38)39-29(30(20)28)15-14-23(22-9-3-2-4-10-22)17-21-8-7-11-24(35)18-21/h2-13,17-18,27-29,31,35,38H,14-16,19H2,1H3/b23-17-/t27-,28+,29-,31-/m1/s1. The zero-order valence-electron chi connectivity index (χ0n) is 21.9. The van der Waals surface area contributed by atoms with Crippen LogP contribution in [-0.4, -0.2) is 34.9 Å². The summed E-state index contributed by atoms with van der Waals surface area (Å²) in [4.78, 5) is 27.2. The minimum absolute atomic E-state index is 0.00630. The summed E-state index contributed by atoms with van der Waals surface area (Å²) in [5.41, 5.74) is 6.26. The van der Waals surface area contributed by atoms with E-state index in [0.29, 0.717) is 36.7 Å². The molecular weight excluding hydrogens is 487 g/mol. The molecule has 0 saturated carbocycles. The SMILES string of the molecule is CC1=C2[C@@H](CC/C(=C/c3cccc(O)c3)c3ccccc3)OB(O)C[C@@H]2[C@@H]2C(=O)c3ccccc3C(=O)[C@@H]2C1. The van der Waals surface area contributed by atoms with Crippen molar-refractivity contribution < 1.29 is 24.4 Å². The molecule has 2 aliphatic carbocycles. The number of ketones is 2. The topological polar surface area (TPSA) is 83.8 Å². The first kappa shape index (κ1) is 25.5. The van der Waals surface area contributed by atoms with Crippen LogP contribution in [0.3, 0.4) is 0 Å². The van der Waals surface area contributed by atoms with E-state index in [1.54, 1.807) is 30.3 Å². The summed E-state index contributed by atoms with van der Waals surface area (Å²) < 4.78 is 6.13. The van der Waals surface area contributed by atoms with Gasteiger partial charge in [0.05, 0.1) is 6.10 Å². The van der Waals surface area contributed by atoms with Crippen LogP contribution >= 0.6 is 0 Å². The van der Waals surface area contributed by atoms with Gasteiger partial charge in [0.1, 0.15) is 5.75 Å². The largest absolute Gasteiger partial charge is 0.508 e. The first-order valence-electron chi connectivity index (χ1n) is 13.7. The van der Waals surface area contributed by atoms with Crippen LogP contribution in [0.25, 0.3) is 11.6 Å². The van der Waals surface area contributed by atoms with E-state index < -0.39 is 19.0 Å². The van der Waals surface area contributed by atoms with Gasteiger partial charge in [0.25, 0.3) is 0 Å². The minimum atomic E-state index is -0.995. The summed E-state index contributed by atoms with van der Waals surface area (Å²) >= 11 is 0. The van der Waals surface area contributed by atoms with Crippen LogP contribution in [0.5, 0.6) is 5.75 Å². The van der Waals surface area contributed by atoms with Gasteiger partial charge in [0, 0.05) is 23.0 Å². The number of phenols is 1. The Morgan fingerprint density at radius 2 is 1.67 bits per heavy atom. The van der Waals surface area contributed by atoms with Gasteiger partial charge in [0.15, 0.2) is 11.6 Å². The number of rotatable bonds is 5. The van der Waals surface area contributed by atoms with E-state index in [4.69, 9.17) is 4.65 Å². The zero-order chi connectivity index (χ0) is 27.1. The molecule has 39 heavy (non-hydrogen) atoms. The van der Waals surface area contributed by atoms with Crippen molar-refractivity contribution >= 4 is 30.3 Å². The highest BCUT2D eigenvalue weighted by Gasteiger charge is 2.52. The summed E-state index contributed by atoms with van der Waals surface area (Å²) in [6, 6.07) is 24.4. The number of allylic oxidation sites excluding steroid dienone is 2. The van der Waals surface area contributed by atoms with E-state index in [-0.39, 0.29) is 29.3 Å². The van der Waals surface area contributed by atoms with Crippen LogP contribution in [-0.2, 0) is 4.65 Å². The Bertz CT molecular complexity index is 1490. The van der Waals surface area contributed by atoms with E-state index >= 15 is 0 Å². The number of hydrogen-bond donors (Lipinski definition) is 2. The molecule has 1 saturated heterocycles. The van der Waals surface area contributed by atoms with Crippen LogP contribution < -0.4 is 0 Å². The Labute approximate surface area is 229 Å². The molecule has 0 spiro atoms. The molecule has 2 N–H and O–H groups in total. The molecule has 3 aromatic carbocycles. The van der Waals surface area contributed by atoms with Gasteiger partial charge in [-0.2, -0.15) is 0 Å². The number of carbonyl (C=O) groups excluding carboxylic acids is 2. The van der Waals surface area contributed by atoms with Crippen molar-refractivity contribution in [3.8, 4) is 5.75 Å². The van der Waals surface area contributed by atoms with E-state index in [2.05, 4.69) is 18.2 Å². The minimum Gasteiger partial charge on any atom is -0.508 e. The summed E-state index contributed by atoms with van der Waals surface area (Å²) in [7, 11) is -0.995. The van der Waals surface area contributed by atoms with Gasteiger partial charge in [-0.25, -0.2) is 0 Å². The second-order valence-electron chi connectivity index (χ2n) is 10.9. The van der Waals surface area contributed by atoms with Gasteiger partial charge < -0.3 is 14.8 Å². The highest BCUT2D eigenvalue weighted by atomic mass is 16.5. The van der Waals surface area contributed by atoms with Crippen molar-refractivity contribution in [2.24, 2.45) is 17.8 Å². The van der Waals surface area contributed by atoms with E-state index in [0.717, 1.165) is 27.8 Å². The van der Waals surface area contributed by atoms with Gasteiger partial charge in [-0.1, -0.05) is 78.4 Å². The number of fused-ring (bicyclic) bond motifs is 4. The fourth-order valence-electron chi connectivity index (χ4n) is 6.88. The lowest BCUT2D eigenvalue weighted by atomic mass is 9.54. The third-order valence-corrected chi connectivity index (χ3v) is 8.54. The number of aromatic hydroxyl groups is 1. The molecule has 0 aromatic heterocycles. The summed E-state index contributed by atoms with van der Waals surface area (Å²) in [6.07, 6.45) is 3.87. The number of Topliss-reactive ketones (excluding diaryl/α,β-unsaturated/α-hetero) is 2. The van der Waals surface area contributed by atoms with E-state index in [9.17, 15) is 19.7 Å². The molecule has 1 fully saturated rings. The molecule has 5 nitrogen and oxygen atoms in total. The maximum Gasteiger partial charge on any atom is 0.455 e. The average molecular weight is 518 g/mol. The van der Waals surface area contributed by atoms with Crippen molar-refractivity contribution in [2.45, 2.75) is 38.6 Å². The Morgan fingerprint density at radius 1 is 0.949 bits per heavy atom. The molecular formula is C33H31BO5. The molecule has 0 radical (unpaired) electrons. The fraction of sp³-hybridized carbons (Fsp3) is 0.273. The zero-order valence-corrected chi connectivity index (χ0v) is 21.9. The lowest BCUT2D eigenvalue weighted by molar-refractivity contribution is 0.0602. The Morgan fingerprint density at radius 3 is 2.41 bits per heavy atom. The quantitative estimate of drug-likeness (QED) is 0.237. The average Bonchev–Trinajstić information content (AvgIpc) is 2.94. The maximum absolute atomic E-state index is 13.7. The van der Waals surface area contributed by atoms with Crippen molar-refractivity contribution in [3.05, 3.63) is 112 Å². The molecule has 1 aliphatic heterocycles. The third-order valence-electron chi connectivity index (χ3n) is 8.54. The maximum atomic E-state index is 13.7. The summed E-state index contributed by atoms with van der Waals surface area (Å²) in [5, 5.41) is 20.8. The predicted octanol–water partition coefficient (Wildman–Crippen LogP) is 6.24. The third kappa shape index (κ3) is 4.79. The fourth-order valence-corrected chi connectivity index (χ4v) is 6.88. The second-order valence-corrected chi connectivity index (χ2v) is 10.9. The molecule has 0 bridgehead atoms. The molecule has 1 heterocycles. The number of benzene rings is 3. The lowest BCUT2D eigenvalue weighted by Gasteiger charge is -2.47. The first-order valence-corrected chi connectivity index (χ1v) is 13.7. The number of hydrogen-bond acceptors (Lipinski definition) is 5. The predicted molar refractivity (Wildman–Crippen MR) is 152 cm³/mol. The smallest absolute Gasteiger partial charge is 0.455 e. The molecule has 0 unspecified atom stereocenters. The van der Waals surface area contributed by atoms with Crippen LogP contribution in [0.15, 0.2) is 90.0 Å². The molecule has 3 aromatic rings. The molecule has 3 aliphatic rings. The number of phenolic OH excluding ortho intramolecular Hbond substituents is 1. The molecule has 196 valence electrons. The monoisotopic (exact) mass is 518 g/mol. The van der Waals surface area contributed by atoms with Gasteiger partial charge >= 0.3 is 7.12 Å². The van der Waals surface area contributed by atoms with E-state index in [1.165, 1.54) is 0 Å². The van der Waals surface area contributed by atoms with Crippen LogP contribution in [0.4, 0.5) is 0 Å². The Kier molecular flexibility index (Phi) is 6.84. The molecule has 0 amide bonds.